The lowest BCUT2D eigenvalue weighted by Crippen LogP contribution is -2.59. The van der Waals surface area contributed by atoms with Crippen LogP contribution in [0.4, 0.5) is 0 Å². The molecule has 1 fully saturated rings. The minimum atomic E-state index is -1.59. The molecule has 2 unspecified atom stereocenters. The molecular formula is C43H78O10. The van der Waals surface area contributed by atoms with E-state index in [1.54, 1.807) is 0 Å². The fraction of sp³-hybridized carbons (Fsp3) is 0.860. The van der Waals surface area contributed by atoms with E-state index in [2.05, 4.69) is 38.2 Å². The van der Waals surface area contributed by atoms with Gasteiger partial charge in [0.25, 0.3) is 0 Å². The quantitative estimate of drug-likeness (QED) is 0.0281. The lowest BCUT2D eigenvalue weighted by atomic mass is 9.99. The van der Waals surface area contributed by atoms with Gasteiger partial charge in [0.15, 0.2) is 12.4 Å². The Morgan fingerprint density at radius 1 is 0.566 bits per heavy atom. The zero-order chi connectivity index (χ0) is 38.8. The molecule has 0 bridgehead atoms. The second-order valence-corrected chi connectivity index (χ2v) is 14.8. The van der Waals surface area contributed by atoms with Crippen LogP contribution in [0.15, 0.2) is 24.3 Å². The average molecular weight is 755 g/mol. The molecule has 53 heavy (non-hydrogen) atoms. The largest absolute Gasteiger partial charge is 0.462 e. The van der Waals surface area contributed by atoms with E-state index in [0.29, 0.717) is 12.8 Å². The van der Waals surface area contributed by atoms with Crippen LogP contribution >= 0.6 is 0 Å². The van der Waals surface area contributed by atoms with Gasteiger partial charge in [0.2, 0.25) is 0 Å². The molecule has 0 aromatic rings. The van der Waals surface area contributed by atoms with Crippen molar-refractivity contribution >= 4 is 11.9 Å². The summed E-state index contributed by atoms with van der Waals surface area (Å²) >= 11 is 0. The predicted molar refractivity (Wildman–Crippen MR) is 210 cm³/mol. The van der Waals surface area contributed by atoms with Gasteiger partial charge < -0.3 is 39.4 Å². The molecule has 1 saturated heterocycles. The highest BCUT2D eigenvalue weighted by Crippen LogP contribution is 2.22. The van der Waals surface area contributed by atoms with Crippen molar-refractivity contribution in [2.45, 2.75) is 218 Å². The number of carbonyl (C=O) groups is 2. The molecule has 310 valence electrons. The SMILES string of the molecule is CCCC/C=C/CCCCCCCC(=O)OC[C@H](CO[C@@H]1O[C@H](CO)[C@H](O)C(O)C1O)OC(=O)CCCCCCCCCCC/C=C/CCCCCC. The first kappa shape index (κ1) is 49.2. The lowest BCUT2D eigenvalue weighted by molar-refractivity contribution is -0.305. The molecule has 6 atom stereocenters. The van der Waals surface area contributed by atoms with Gasteiger partial charge in [-0.15, -0.1) is 0 Å². The van der Waals surface area contributed by atoms with Crippen molar-refractivity contribution in [2.75, 3.05) is 19.8 Å². The first-order valence-electron chi connectivity index (χ1n) is 21.4. The van der Waals surface area contributed by atoms with Crippen molar-refractivity contribution < 1.29 is 49.0 Å². The number of hydrogen-bond donors (Lipinski definition) is 4. The molecule has 1 rings (SSSR count). The summed E-state index contributed by atoms with van der Waals surface area (Å²) in [6, 6.07) is 0. The van der Waals surface area contributed by atoms with E-state index in [1.165, 1.54) is 83.5 Å². The predicted octanol–water partition coefficient (Wildman–Crippen LogP) is 8.55. The van der Waals surface area contributed by atoms with Crippen molar-refractivity contribution in [3.8, 4) is 0 Å². The molecule has 0 spiro atoms. The van der Waals surface area contributed by atoms with Gasteiger partial charge in [-0.05, 0) is 57.8 Å². The molecule has 10 heteroatoms. The second kappa shape index (κ2) is 34.7. The number of allylic oxidation sites excluding steroid dienone is 4. The van der Waals surface area contributed by atoms with Gasteiger partial charge in [-0.3, -0.25) is 9.59 Å². The van der Waals surface area contributed by atoms with Gasteiger partial charge in [0, 0.05) is 12.8 Å². The smallest absolute Gasteiger partial charge is 0.306 e. The maximum absolute atomic E-state index is 12.7. The summed E-state index contributed by atoms with van der Waals surface area (Å²) in [5.74, 6) is -0.818. The fourth-order valence-electron chi connectivity index (χ4n) is 6.34. The van der Waals surface area contributed by atoms with Crippen LogP contribution in [0.25, 0.3) is 0 Å². The Morgan fingerprint density at radius 3 is 1.53 bits per heavy atom. The zero-order valence-electron chi connectivity index (χ0n) is 33.5. The number of aliphatic hydroxyl groups excluding tert-OH is 4. The number of rotatable bonds is 35. The summed E-state index contributed by atoms with van der Waals surface area (Å²) in [5, 5.41) is 40.0. The number of aliphatic hydroxyl groups is 4. The Bertz CT molecular complexity index is 923. The topological polar surface area (TPSA) is 152 Å². The monoisotopic (exact) mass is 755 g/mol. The summed E-state index contributed by atoms with van der Waals surface area (Å²) in [7, 11) is 0. The van der Waals surface area contributed by atoms with Crippen molar-refractivity contribution in [1.82, 2.24) is 0 Å². The number of hydrogen-bond acceptors (Lipinski definition) is 10. The summed E-state index contributed by atoms with van der Waals surface area (Å²) in [4.78, 5) is 25.2. The normalized spacial score (nSPS) is 21.1. The van der Waals surface area contributed by atoms with Crippen LogP contribution in [-0.2, 0) is 28.5 Å². The molecular weight excluding hydrogens is 676 g/mol. The summed E-state index contributed by atoms with van der Waals surface area (Å²) in [6.45, 7) is 3.36. The third-order valence-electron chi connectivity index (χ3n) is 9.81. The molecule has 0 aromatic carbocycles. The van der Waals surface area contributed by atoms with Crippen LogP contribution in [-0.4, -0.2) is 89.0 Å². The van der Waals surface area contributed by atoms with Gasteiger partial charge in [0.1, 0.15) is 31.0 Å². The maximum atomic E-state index is 12.7. The van der Waals surface area contributed by atoms with E-state index >= 15 is 0 Å². The van der Waals surface area contributed by atoms with E-state index in [1.807, 2.05) is 0 Å². The third kappa shape index (κ3) is 26.6. The molecule has 10 nitrogen and oxygen atoms in total. The van der Waals surface area contributed by atoms with Crippen molar-refractivity contribution in [3.05, 3.63) is 24.3 Å². The van der Waals surface area contributed by atoms with Crippen molar-refractivity contribution in [1.29, 1.82) is 0 Å². The van der Waals surface area contributed by atoms with Crippen LogP contribution < -0.4 is 0 Å². The van der Waals surface area contributed by atoms with Crippen molar-refractivity contribution in [3.63, 3.8) is 0 Å². The number of ether oxygens (including phenoxy) is 4. The second-order valence-electron chi connectivity index (χ2n) is 14.8. The van der Waals surface area contributed by atoms with Gasteiger partial charge in [-0.25, -0.2) is 0 Å². The maximum Gasteiger partial charge on any atom is 0.306 e. The highest BCUT2D eigenvalue weighted by atomic mass is 16.7. The Hall–Kier alpha value is -1.82. The van der Waals surface area contributed by atoms with E-state index in [0.717, 1.165) is 57.8 Å². The molecule has 0 radical (unpaired) electrons. The standard InChI is InChI=1S/C43H78O10/c1-3-5-7-9-11-13-15-16-17-18-19-20-22-24-26-28-30-32-39(46)52-36(35-51-43-42(49)41(48)40(47)37(33-44)53-43)34-50-38(45)31-29-27-25-23-21-14-12-10-8-6-4-2/h10,12-13,15,36-37,40-44,47-49H,3-9,11,14,16-35H2,1-2H3/b12-10+,15-13+/t36-,37-,40+,41?,42?,43-/m1/s1. The van der Waals surface area contributed by atoms with Gasteiger partial charge >= 0.3 is 11.9 Å². The summed E-state index contributed by atoms with van der Waals surface area (Å²) in [6.07, 6.45) is 29.0. The molecule has 1 aliphatic heterocycles. The number of esters is 2. The highest BCUT2D eigenvalue weighted by molar-refractivity contribution is 5.70. The van der Waals surface area contributed by atoms with Crippen LogP contribution in [0.1, 0.15) is 181 Å². The highest BCUT2D eigenvalue weighted by Gasteiger charge is 2.44. The molecule has 0 saturated carbocycles. The zero-order valence-corrected chi connectivity index (χ0v) is 33.5. The Kier molecular flexibility index (Phi) is 32.2. The Labute approximate surface area is 322 Å². The van der Waals surface area contributed by atoms with Gasteiger partial charge in [-0.2, -0.15) is 0 Å². The molecule has 0 aromatic heterocycles. The number of carbonyl (C=O) groups excluding carboxylic acids is 2. The van der Waals surface area contributed by atoms with Crippen LogP contribution in [0, 0.1) is 0 Å². The van der Waals surface area contributed by atoms with Crippen molar-refractivity contribution in [2.24, 2.45) is 0 Å². The lowest BCUT2D eigenvalue weighted by Gasteiger charge is -2.39. The van der Waals surface area contributed by atoms with E-state index in [-0.39, 0.29) is 32.0 Å². The van der Waals surface area contributed by atoms with Gasteiger partial charge in [0.05, 0.1) is 13.2 Å². The first-order valence-corrected chi connectivity index (χ1v) is 21.4. The minimum Gasteiger partial charge on any atom is -0.462 e. The third-order valence-corrected chi connectivity index (χ3v) is 9.81. The van der Waals surface area contributed by atoms with E-state index in [9.17, 15) is 30.0 Å². The first-order chi connectivity index (χ1) is 25.8. The Balaban J connectivity index is 2.34. The number of unbranched alkanes of at least 4 members (excludes halogenated alkanes) is 20. The van der Waals surface area contributed by atoms with Crippen LogP contribution in [0.2, 0.25) is 0 Å². The summed E-state index contributed by atoms with van der Waals surface area (Å²) in [5.41, 5.74) is 0. The molecule has 0 amide bonds. The van der Waals surface area contributed by atoms with Crippen LogP contribution in [0.5, 0.6) is 0 Å². The molecule has 4 N–H and O–H groups in total. The van der Waals surface area contributed by atoms with E-state index in [4.69, 9.17) is 18.9 Å². The fourth-order valence-corrected chi connectivity index (χ4v) is 6.34. The molecule has 1 heterocycles. The molecule has 0 aliphatic carbocycles. The summed E-state index contributed by atoms with van der Waals surface area (Å²) < 4.78 is 22.1. The molecule has 1 aliphatic rings. The Morgan fingerprint density at radius 2 is 1.02 bits per heavy atom. The average Bonchev–Trinajstić information content (AvgIpc) is 3.15. The van der Waals surface area contributed by atoms with E-state index < -0.39 is 49.4 Å². The minimum absolute atomic E-state index is 0.221. The van der Waals surface area contributed by atoms with Gasteiger partial charge in [-0.1, -0.05) is 134 Å². The van der Waals surface area contributed by atoms with Crippen LogP contribution in [0.3, 0.4) is 0 Å².